The van der Waals surface area contributed by atoms with E-state index in [0.29, 0.717) is 10.4 Å². The second kappa shape index (κ2) is 6.81. The number of esters is 1. The molecule has 0 saturated carbocycles. The molecule has 1 aromatic heterocycles. The number of carbonyl (C=O) groups excluding carboxylic acids is 2. The number of hydrogen-bond acceptors (Lipinski definition) is 4. The maximum Gasteiger partial charge on any atom is 0.348 e. The lowest BCUT2D eigenvalue weighted by molar-refractivity contribution is 0.0479. The van der Waals surface area contributed by atoms with E-state index in [2.05, 4.69) is 0 Å². The van der Waals surface area contributed by atoms with E-state index in [-0.39, 0.29) is 12.4 Å². The van der Waals surface area contributed by atoms with Gasteiger partial charge >= 0.3 is 5.97 Å². The number of benzene rings is 2. The van der Waals surface area contributed by atoms with E-state index in [1.165, 1.54) is 35.3 Å². The van der Waals surface area contributed by atoms with Gasteiger partial charge in [0.15, 0.2) is 12.4 Å². The minimum atomic E-state index is -0.437. The van der Waals surface area contributed by atoms with E-state index in [1.807, 2.05) is 48.5 Å². The molecule has 0 unspecified atom stereocenters. The first kappa shape index (κ1) is 16.0. The fourth-order valence-corrected chi connectivity index (χ4v) is 4.23. The highest BCUT2D eigenvalue weighted by molar-refractivity contribution is 7.20. The molecule has 0 radical (unpaired) electrons. The van der Waals surface area contributed by atoms with E-state index in [1.54, 1.807) is 0 Å². The maximum atomic E-state index is 12.4. The molecule has 25 heavy (non-hydrogen) atoms. The fraction of sp³-hybridized carbons (Fsp3) is 0.238. The van der Waals surface area contributed by atoms with Gasteiger partial charge in [0, 0.05) is 10.3 Å². The predicted molar refractivity (Wildman–Crippen MR) is 99.5 cm³/mol. The highest BCUT2D eigenvalue weighted by Gasteiger charge is 2.16. The van der Waals surface area contributed by atoms with Gasteiger partial charge < -0.3 is 4.74 Å². The molecular weight excluding hydrogens is 332 g/mol. The molecule has 3 aromatic rings. The average molecular weight is 350 g/mol. The maximum absolute atomic E-state index is 12.4. The van der Waals surface area contributed by atoms with Crippen LogP contribution in [0.3, 0.4) is 0 Å². The van der Waals surface area contributed by atoms with Crippen LogP contribution in [0.2, 0.25) is 0 Å². The summed E-state index contributed by atoms with van der Waals surface area (Å²) in [6.45, 7) is -0.216. The summed E-state index contributed by atoms with van der Waals surface area (Å²) in [7, 11) is 0. The lowest BCUT2D eigenvalue weighted by Gasteiger charge is -2.16. The van der Waals surface area contributed by atoms with Crippen molar-refractivity contribution in [3.63, 3.8) is 0 Å². The Morgan fingerprint density at radius 3 is 2.60 bits per heavy atom. The van der Waals surface area contributed by atoms with Crippen molar-refractivity contribution in [1.82, 2.24) is 0 Å². The quantitative estimate of drug-likeness (QED) is 0.500. The number of thiophene rings is 1. The summed E-state index contributed by atoms with van der Waals surface area (Å²) in [6, 6.07) is 15.5. The zero-order valence-corrected chi connectivity index (χ0v) is 14.6. The summed E-state index contributed by atoms with van der Waals surface area (Å²) in [5.41, 5.74) is 3.22. The van der Waals surface area contributed by atoms with E-state index < -0.39 is 5.97 Å². The van der Waals surface area contributed by atoms with Gasteiger partial charge in [-0.1, -0.05) is 30.3 Å². The average Bonchev–Trinajstić information content (AvgIpc) is 3.09. The van der Waals surface area contributed by atoms with Crippen LogP contribution < -0.4 is 0 Å². The highest BCUT2D eigenvalue weighted by atomic mass is 32.1. The van der Waals surface area contributed by atoms with E-state index in [4.69, 9.17) is 4.74 Å². The van der Waals surface area contributed by atoms with Crippen LogP contribution in [0.5, 0.6) is 0 Å². The van der Waals surface area contributed by atoms with Gasteiger partial charge in [-0.15, -0.1) is 11.3 Å². The number of rotatable bonds is 4. The monoisotopic (exact) mass is 350 g/mol. The first-order valence-corrected chi connectivity index (χ1v) is 9.33. The Balaban J connectivity index is 1.43. The van der Waals surface area contributed by atoms with Crippen molar-refractivity contribution < 1.29 is 14.3 Å². The molecule has 1 aliphatic carbocycles. The van der Waals surface area contributed by atoms with Crippen LogP contribution >= 0.6 is 11.3 Å². The minimum absolute atomic E-state index is 0.150. The van der Waals surface area contributed by atoms with Crippen molar-refractivity contribution >= 4 is 33.2 Å². The van der Waals surface area contributed by atoms with Crippen LogP contribution in [0.25, 0.3) is 10.1 Å². The number of Topliss-reactive ketones (excluding diaryl/α,β-unsaturated/α-hetero) is 1. The first-order valence-electron chi connectivity index (χ1n) is 8.51. The molecule has 0 amide bonds. The van der Waals surface area contributed by atoms with E-state index in [0.717, 1.165) is 22.9 Å². The molecule has 0 spiro atoms. The highest BCUT2D eigenvalue weighted by Crippen LogP contribution is 2.26. The summed E-state index contributed by atoms with van der Waals surface area (Å²) in [5.74, 6) is -0.588. The number of aryl methyl sites for hydroxylation is 2. The van der Waals surface area contributed by atoms with Crippen molar-refractivity contribution in [3.05, 3.63) is 70.1 Å². The van der Waals surface area contributed by atoms with Crippen LogP contribution in [0, 0.1) is 0 Å². The first-order chi connectivity index (χ1) is 12.2. The van der Waals surface area contributed by atoms with Crippen molar-refractivity contribution in [3.8, 4) is 0 Å². The standard InChI is InChI=1S/C21H18O3S/c22-18(16-10-9-14-5-1-2-6-15(14)11-16)13-24-21(23)20-12-17-7-3-4-8-19(17)25-20/h3-4,7-12H,1-2,5-6,13H2. The van der Waals surface area contributed by atoms with Crippen molar-refractivity contribution in [2.24, 2.45) is 0 Å². The van der Waals surface area contributed by atoms with Gasteiger partial charge in [-0.3, -0.25) is 4.79 Å². The Morgan fingerprint density at radius 2 is 1.76 bits per heavy atom. The van der Waals surface area contributed by atoms with Crippen LogP contribution in [-0.2, 0) is 17.6 Å². The SMILES string of the molecule is O=C(COC(=O)c1cc2ccccc2s1)c1ccc2c(c1)CCCC2. The summed E-state index contributed by atoms with van der Waals surface area (Å²) in [4.78, 5) is 25.1. The normalized spacial score (nSPS) is 13.4. The molecule has 4 rings (SSSR count). The fourth-order valence-electron chi connectivity index (χ4n) is 3.27. The topological polar surface area (TPSA) is 43.4 Å². The number of hydrogen-bond donors (Lipinski definition) is 0. The van der Waals surface area contributed by atoms with Crippen molar-refractivity contribution in [2.75, 3.05) is 6.61 Å². The second-order valence-corrected chi connectivity index (χ2v) is 7.42. The molecule has 1 aliphatic rings. The molecule has 0 fully saturated rings. The van der Waals surface area contributed by atoms with E-state index in [9.17, 15) is 9.59 Å². The molecule has 0 atom stereocenters. The Hall–Kier alpha value is -2.46. The molecule has 3 nitrogen and oxygen atoms in total. The van der Waals surface area contributed by atoms with Gasteiger partial charge in [0.1, 0.15) is 4.88 Å². The van der Waals surface area contributed by atoms with Gasteiger partial charge in [0.05, 0.1) is 0 Å². The van der Waals surface area contributed by atoms with Crippen LogP contribution in [0.15, 0.2) is 48.5 Å². The molecule has 126 valence electrons. The Morgan fingerprint density at radius 1 is 0.960 bits per heavy atom. The summed E-state index contributed by atoms with van der Waals surface area (Å²) >= 11 is 1.39. The molecule has 0 bridgehead atoms. The van der Waals surface area contributed by atoms with Crippen LogP contribution in [0.4, 0.5) is 0 Å². The molecule has 0 N–H and O–H groups in total. The lowest BCUT2D eigenvalue weighted by atomic mass is 9.90. The molecule has 1 heterocycles. The Kier molecular flexibility index (Phi) is 4.36. The van der Waals surface area contributed by atoms with Crippen molar-refractivity contribution in [1.29, 1.82) is 0 Å². The van der Waals surface area contributed by atoms with Gasteiger partial charge in [-0.25, -0.2) is 4.79 Å². The minimum Gasteiger partial charge on any atom is -0.453 e. The van der Waals surface area contributed by atoms with Gasteiger partial charge in [0.2, 0.25) is 0 Å². The molecular formula is C21H18O3S. The molecule has 2 aromatic carbocycles. The second-order valence-electron chi connectivity index (χ2n) is 6.34. The van der Waals surface area contributed by atoms with Gasteiger partial charge in [-0.05, 0) is 60.4 Å². The third kappa shape index (κ3) is 3.35. The summed E-state index contributed by atoms with van der Waals surface area (Å²) in [6.07, 6.45) is 4.50. The summed E-state index contributed by atoms with van der Waals surface area (Å²) < 4.78 is 6.28. The smallest absolute Gasteiger partial charge is 0.348 e. The largest absolute Gasteiger partial charge is 0.453 e. The third-order valence-electron chi connectivity index (χ3n) is 4.63. The number of ether oxygens (including phenoxy) is 1. The lowest BCUT2D eigenvalue weighted by Crippen LogP contribution is -2.14. The van der Waals surface area contributed by atoms with Crippen LogP contribution in [-0.4, -0.2) is 18.4 Å². The zero-order valence-electron chi connectivity index (χ0n) is 13.8. The Labute approximate surface area is 150 Å². The van der Waals surface area contributed by atoms with Crippen molar-refractivity contribution in [2.45, 2.75) is 25.7 Å². The number of carbonyl (C=O) groups is 2. The Bertz CT molecular complexity index is 922. The number of ketones is 1. The van der Waals surface area contributed by atoms with Gasteiger partial charge in [0.25, 0.3) is 0 Å². The predicted octanol–water partition coefficient (Wildman–Crippen LogP) is 4.82. The summed E-state index contributed by atoms with van der Waals surface area (Å²) in [5, 5.41) is 1.01. The molecule has 4 heteroatoms. The molecule has 0 saturated heterocycles. The third-order valence-corrected chi connectivity index (χ3v) is 5.73. The van der Waals surface area contributed by atoms with Gasteiger partial charge in [-0.2, -0.15) is 0 Å². The van der Waals surface area contributed by atoms with E-state index >= 15 is 0 Å². The van der Waals surface area contributed by atoms with Crippen LogP contribution in [0.1, 0.15) is 44.0 Å². The number of fused-ring (bicyclic) bond motifs is 2. The molecule has 0 aliphatic heterocycles. The zero-order chi connectivity index (χ0) is 17.2.